The van der Waals surface area contributed by atoms with E-state index in [1.807, 2.05) is 20.8 Å². The molecule has 0 fully saturated rings. The Morgan fingerprint density at radius 2 is 1.86 bits per heavy atom. The molecule has 2 aromatic carbocycles. The van der Waals surface area contributed by atoms with Crippen LogP contribution in [0.5, 0.6) is 0 Å². The van der Waals surface area contributed by atoms with Gasteiger partial charge in [-0.25, -0.2) is 13.4 Å². The van der Waals surface area contributed by atoms with Crippen LogP contribution in [0.25, 0.3) is 16.6 Å². The van der Waals surface area contributed by atoms with E-state index in [0.29, 0.717) is 16.4 Å². The molecule has 2 aromatic heterocycles. The molecule has 4 aromatic rings. The Balaban J connectivity index is 1.97. The molecule has 9 heteroatoms. The third kappa shape index (κ3) is 3.42. The third-order valence-corrected chi connectivity index (χ3v) is 6.50. The van der Waals surface area contributed by atoms with Crippen molar-refractivity contribution in [1.82, 2.24) is 19.8 Å². The number of nitrogens with zero attached hydrogens (tertiary/aromatic N) is 4. The molecule has 0 unspecified atom stereocenters. The van der Waals surface area contributed by atoms with Crippen molar-refractivity contribution in [1.29, 1.82) is 0 Å². The first-order valence-corrected chi connectivity index (χ1v) is 11.1. The highest BCUT2D eigenvalue weighted by atomic mass is 35.5. The Hall–Kier alpha value is -2.71. The van der Waals surface area contributed by atoms with Crippen LogP contribution in [0.3, 0.4) is 0 Å². The number of benzene rings is 2. The number of aryl methyl sites for hydroxylation is 1. The fourth-order valence-corrected chi connectivity index (χ4v) is 4.55. The van der Waals surface area contributed by atoms with E-state index in [0.717, 1.165) is 17.4 Å². The highest BCUT2D eigenvalue weighted by Gasteiger charge is 2.27. The summed E-state index contributed by atoms with van der Waals surface area (Å²) in [4.78, 5) is 4.72. The molecular formula is C20H20ClN5O2S. The van der Waals surface area contributed by atoms with Crippen molar-refractivity contribution in [3.05, 3.63) is 53.1 Å². The maximum absolute atomic E-state index is 13.2. The lowest BCUT2D eigenvalue weighted by atomic mass is 10.2. The largest absolute Gasteiger partial charge is 0.367 e. The van der Waals surface area contributed by atoms with E-state index in [4.69, 9.17) is 11.6 Å². The zero-order valence-electron chi connectivity index (χ0n) is 16.2. The van der Waals surface area contributed by atoms with Gasteiger partial charge in [0.25, 0.3) is 0 Å². The average molecular weight is 430 g/mol. The van der Waals surface area contributed by atoms with Gasteiger partial charge in [0.15, 0.2) is 5.65 Å². The molecule has 7 nitrogen and oxygen atoms in total. The quantitative estimate of drug-likeness (QED) is 0.512. The van der Waals surface area contributed by atoms with Crippen LogP contribution in [0, 0.1) is 0 Å². The number of fused-ring (bicyclic) bond motifs is 3. The van der Waals surface area contributed by atoms with E-state index < -0.39 is 9.84 Å². The van der Waals surface area contributed by atoms with Gasteiger partial charge in [0.1, 0.15) is 5.82 Å². The van der Waals surface area contributed by atoms with Crippen molar-refractivity contribution in [2.75, 3.05) is 5.32 Å². The minimum atomic E-state index is -3.88. The van der Waals surface area contributed by atoms with Crippen LogP contribution in [-0.2, 0) is 16.3 Å². The Morgan fingerprint density at radius 3 is 2.52 bits per heavy atom. The molecule has 150 valence electrons. The molecule has 0 aliphatic rings. The van der Waals surface area contributed by atoms with Gasteiger partial charge in [-0.2, -0.15) is 4.52 Å². The van der Waals surface area contributed by atoms with E-state index >= 15 is 0 Å². The van der Waals surface area contributed by atoms with Gasteiger partial charge in [0.2, 0.25) is 14.9 Å². The van der Waals surface area contributed by atoms with Crippen LogP contribution in [-0.4, -0.2) is 34.3 Å². The predicted octanol–water partition coefficient (Wildman–Crippen LogP) is 4.15. The fraction of sp³-hybridized carbons (Fsp3) is 0.250. The molecule has 0 radical (unpaired) electrons. The van der Waals surface area contributed by atoms with Gasteiger partial charge in [0.05, 0.1) is 10.4 Å². The lowest BCUT2D eigenvalue weighted by molar-refractivity contribution is 0.592. The number of aromatic nitrogens is 4. The van der Waals surface area contributed by atoms with Crippen LogP contribution in [0.1, 0.15) is 26.3 Å². The van der Waals surface area contributed by atoms with Crippen molar-refractivity contribution >= 4 is 43.8 Å². The van der Waals surface area contributed by atoms with Gasteiger partial charge in [-0.05, 0) is 56.2 Å². The Labute approximate surface area is 173 Å². The van der Waals surface area contributed by atoms with E-state index in [-0.39, 0.29) is 21.6 Å². The number of nitrogens with one attached hydrogen (secondary N) is 1. The van der Waals surface area contributed by atoms with Crippen LogP contribution in [0.15, 0.2) is 52.4 Å². The van der Waals surface area contributed by atoms with E-state index in [2.05, 4.69) is 20.6 Å². The molecular weight excluding hydrogens is 410 g/mol. The fourth-order valence-electron chi connectivity index (χ4n) is 3.14. The number of hydrogen-bond donors (Lipinski definition) is 1. The summed E-state index contributed by atoms with van der Waals surface area (Å²) < 4.78 is 27.9. The molecule has 4 rings (SSSR count). The number of halogens is 1. The van der Waals surface area contributed by atoms with E-state index in [1.54, 1.807) is 42.5 Å². The summed E-state index contributed by atoms with van der Waals surface area (Å²) in [6.45, 7) is 5.97. The van der Waals surface area contributed by atoms with Crippen molar-refractivity contribution in [3.8, 4) is 0 Å². The minimum absolute atomic E-state index is 0.0876. The van der Waals surface area contributed by atoms with Crippen LogP contribution in [0.4, 0.5) is 5.82 Å². The summed E-state index contributed by atoms with van der Waals surface area (Å²) in [5, 5.41) is 12.4. The molecule has 29 heavy (non-hydrogen) atoms. The van der Waals surface area contributed by atoms with Gasteiger partial charge in [-0.1, -0.05) is 35.9 Å². The lowest BCUT2D eigenvalue weighted by Crippen LogP contribution is -2.13. The molecule has 0 aliphatic heterocycles. The summed E-state index contributed by atoms with van der Waals surface area (Å²) in [6, 6.07) is 12.1. The van der Waals surface area contributed by atoms with Crippen molar-refractivity contribution in [2.24, 2.45) is 0 Å². The third-order valence-electron chi connectivity index (χ3n) is 4.60. The number of rotatable bonds is 5. The van der Waals surface area contributed by atoms with Gasteiger partial charge in [-0.3, -0.25) is 0 Å². The smallest absolute Gasteiger partial charge is 0.229 e. The Morgan fingerprint density at radius 1 is 1.14 bits per heavy atom. The predicted molar refractivity (Wildman–Crippen MR) is 113 cm³/mol. The van der Waals surface area contributed by atoms with Crippen LogP contribution >= 0.6 is 11.6 Å². The average Bonchev–Trinajstić information content (AvgIpc) is 3.12. The van der Waals surface area contributed by atoms with Gasteiger partial charge in [-0.15, -0.1) is 5.10 Å². The molecule has 1 N–H and O–H groups in total. The van der Waals surface area contributed by atoms with Crippen LogP contribution < -0.4 is 5.32 Å². The highest BCUT2D eigenvalue weighted by molar-refractivity contribution is 7.91. The van der Waals surface area contributed by atoms with Crippen molar-refractivity contribution in [2.45, 2.75) is 43.2 Å². The second kappa shape index (κ2) is 7.27. The molecule has 0 saturated carbocycles. The highest BCUT2D eigenvalue weighted by Crippen LogP contribution is 2.30. The zero-order chi connectivity index (χ0) is 20.8. The SMILES string of the molecule is CCc1ccc(S(=O)(=O)c2nnn3c2nc(NC(C)C)c2cc(Cl)ccc23)cc1. The second-order valence-electron chi connectivity index (χ2n) is 7.05. The molecule has 0 saturated heterocycles. The van der Waals surface area contributed by atoms with Gasteiger partial charge in [0, 0.05) is 16.5 Å². The van der Waals surface area contributed by atoms with Crippen LogP contribution in [0.2, 0.25) is 5.02 Å². The first-order chi connectivity index (χ1) is 13.8. The second-order valence-corrected chi connectivity index (χ2v) is 9.35. The summed E-state index contributed by atoms with van der Waals surface area (Å²) in [7, 11) is -3.88. The van der Waals surface area contributed by atoms with Crippen molar-refractivity contribution in [3.63, 3.8) is 0 Å². The minimum Gasteiger partial charge on any atom is -0.367 e. The standard InChI is InChI=1S/C20H20ClN5O2S/c1-4-13-5-8-15(9-6-13)29(27,28)20-19-23-18(22-12(2)3)16-11-14(21)7-10-17(16)26(19)25-24-20/h5-12H,4H2,1-3H3,(H,22,23). The van der Waals surface area contributed by atoms with Crippen molar-refractivity contribution < 1.29 is 8.42 Å². The van der Waals surface area contributed by atoms with Gasteiger partial charge >= 0.3 is 0 Å². The number of hydrogen-bond acceptors (Lipinski definition) is 6. The van der Waals surface area contributed by atoms with Gasteiger partial charge < -0.3 is 5.32 Å². The molecule has 2 heterocycles. The normalized spacial score (nSPS) is 12.2. The maximum atomic E-state index is 13.2. The molecule has 0 atom stereocenters. The Bertz CT molecular complexity index is 1310. The molecule has 0 aliphatic carbocycles. The topological polar surface area (TPSA) is 89.2 Å². The van der Waals surface area contributed by atoms with E-state index in [1.165, 1.54) is 4.52 Å². The summed E-state index contributed by atoms with van der Waals surface area (Å²) in [6.07, 6.45) is 0.829. The number of sulfone groups is 1. The van der Waals surface area contributed by atoms with E-state index in [9.17, 15) is 8.42 Å². The zero-order valence-corrected chi connectivity index (χ0v) is 17.8. The maximum Gasteiger partial charge on any atom is 0.229 e. The Kier molecular flexibility index (Phi) is 4.92. The monoisotopic (exact) mass is 429 g/mol. The number of anilines is 1. The first-order valence-electron chi connectivity index (χ1n) is 9.26. The molecule has 0 spiro atoms. The summed E-state index contributed by atoms with van der Waals surface area (Å²) in [5.41, 5.74) is 1.89. The first kappa shape index (κ1) is 19.6. The summed E-state index contributed by atoms with van der Waals surface area (Å²) in [5.74, 6) is 0.532. The summed E-state index contributed by atoms with van der Waals surface area (Å²) >= 11 is 6.16. The lowest BCUT2D eigenvalue weighted by Gasteiger charge is -2.13. The molecule has 0 amide bonds. The molecule has 0 bridgehead atoms.